The third-order valence-electron chi connectivity index (χ3n) is 17.2. The molecule has 5 aliphatic carbocycles. The second-order valence-corrected chi connectivity index (χ2v) is 19.6. The van der Waals surface area contributed by atoms with E-state index in [0.717, 1.165) is 32.1 Å². The Hall–Kier alpha value is -1.27. The highest BCUT2D eigenvalue weighted by molar-refractivity contribution is 5.85. The van der Waals surface area contributed by atoms with Gasteiger partial charge in [-0.15, -0.1) is 0 Å². The third-order valence-corrected chi connectivity index (χ3v) is 17.2. The molecular weight excluding hydrogens is 716 g/mol. The molecule has 7 aliphatic rings. The van der Waals surface area contributed by atoms with Crippen LogP contribution < -0.4 is 0 Å². The van der Waals surface area contributed by atoms with Crippen molar-refractivity contribution in [3.05, 3.63) is 11.6 Å². The number of aliphatic carboxylic acids is 1. The molecule has 0 aromatic heterocycles. The maximum atomic E-state index is 12.4. The van der Waals surface area contributed by atoms with Gasteiger partial charge in [0.2, 0.25) is 0 Å². The third kappa shape index (κ3) is 6.05. The van der Waals surface area contributed by atoms with Gasteiger partial charge in [0, 0.05) is 16.4 Å². The van der Waals surface area contributed by atoms with Crippen LogP contribution in [0.5, 0.6) is 0 Å². The molecule has 2 saturated heterocycles. The van der Waals surface area contributed by atoms with E-state index >= 15 is 0 Å². The summed E-state index contributed by atoms with van der Waals surface area (Å²) in [7, 11) is 0. The zero-order valence-corrected chi connectivity index (χ0v) is 33.2. The summed E-state index contributed by atoms with van der Waals surface area (Å²) in [5.41, 5.74) is -1.21. The average Bonchev–Trinajstić information content (AvgIpc) is 3.73. The van der Waals surface area contributed by atoms with Gasteiger partial charge in [0.1, 0.15) is 42.7 Å². The molecule has 14 heteroatoms. The van der Waals surface area contributed by atoms with E-state index in [4.69, 9.17) is 18.9 Å². The SMILES string of the molecule is C/C(=C\CC[C@@H](C)[C@@H]1C[C@@H](O)[C@@]2(C)[C@@H]3CC[C@H]4C(C)(C)[C@@H](O[C@@H]5OC[C@H](O)[C@H](O)[C@H]5O[C@@H]5O[C@@H](CO)[C@H](O)[C@@H](O)[C@@H]5O)CC[C@@]45C[C@@]35C[C@@H](O)[C@]12C)C(=O)O. The average molecular weight is 783 g/mol. The van der Waals surface area contributed by atoms with Crippen molar-refractivity contribution in [3.63, 3.8) is 0 Å². The first-order valence-corrected chi connectivity index (χ1v) is 20.6. The van der Waals surface area contributed by atoms with Gasteiger partial charge in [0.05, 0.1) is 31.5 Å². The summed E-state index contributed by atoms with van der Waals surface area (Å²) >= 11 is 0. The molecule has 0 aromatic rings. The molecule has 0 aromatic carbocycles. The summed E-state index contributed by atoms with van der Waals surface area (Å²) in [5, 5.41) is 96.3. The predicted octanol–water partition coefficient (Wildman–Crippen LogP) is 1.46. The van der Waals surface area contributed by atoms with Gasteiger partial charge in [-0.25, -0.2) is 4.79 Å². The zero-order valence-electron chi connectivity index (χ0n) is 33.2. The highest BCUT2D eigenvalue weighted by Gasteiger charge is 2.85. The van der Waals surface area contributed by atoms with Gasteiger partial charge in [-0.1, -0.05) is 40.7 Å². The number of carboxylic acid groups (broad SMARTS) is 1. The van der Waals surface area contributed by atoms with Crippen molar-refractivity contribution in [2.45, 2.75) is 173 Å². The summed E-state index contributed by atoms with van der Waals surface area (Å²) < 4.78 is 24.2. The number of hydrogen-bond acceptors (Lipinski definition) is 13. The number of aliphatic hydroxyl groups excluding tert-OH is 8. The van der Waals surface area contributed by atoms with E-state index in [1.54, 1.807) is 13.0 Å². The normalized spacial score (nSPS) is 53.7. The standard InChI is InChI=1S/C41H66O14/c1-19(8-7-9-20(2)34(50)51)21-14-26(44)39(6)25-11-10-24-37(3,4)28(12-13-40(24)18-41(25,40)15-27(45)38(21,39)5)54-36-33(29(46)22(43)17-52-36)55-35-32(49)31(48)30(47)23(16-42)53-35/h9,19,21-33,35-36,42-49H,7-8,10-18H2,1-6H3,(H,50,51)/b20-9+/t19-,21+,22+,23+,24+,25+,26-,27-,28+,29+,30+,31-,32+,33-,35+,36+,38+,39-,40-,41+/m1/s1. The molecule has 0 amide bonds. The van der Waals surface area contributed by atoms with Crippen molar-refractivity contribution in [2.24, 2.45) is 50.7 Å². The molecule has 7 fully saturated rings. The molecule has 55 heavy (non-hydrogen) atoms. The number of ether oxygens (including phenoxy) is 4. The van der Waals surface area contributed by atoms with Crippen LogP contribution in [-0.2, 0) is 23.7 Å². The maximum Gasteiger partial charge on any atom is 0.330 e. The second kappa shape index (κ2) is 14.5. The number of carboxylic acids is 1. The van der Waals surface area contributed by atoms with E-state index < -0.39 is 90.9 Å². The van der Waals surface area contributed by atoms with Gasteiger partial charge >= 0.3 is 5.97 Å². The minimum atomic E-state index is -1.71. The lowest BCUT2D eigenvalue weighted by molar-refractivity contribution is -0.366. The maximum absolute atomic E-state index is 12.4. The van der Waals surface area contributed by atoms with Crippen molar-refractivity contribution in [1.82, 2.24) is 0 Å². The molecule has 2 heterocycles. The van der Waals surface area contributed by atoms with Gasteiger partial charge in [0.15, 0.2) is 12.6 Å². The minimum absolute atomic E-state index is 0.0392. The van der Waals surface area contributed by atoms with Gasteiger partial charge < -0.3 is 64.9 Å². The fourth-order valence-corrected chi connectivity index (χ4v) is 13.9. The van der Waals surface area contributed by atoms with E-state index in [1.807, 2.05) is 0 Å². The molecule has 0 bridgehead atoms. The van der Waals surface area contributed by atoms with Crippen LogP contribution in [0.2, 0.25) is 0 Å². The highest BCUT2D eigenvalue weighted by atomic mass is 16.8. The van der Waals surface area contributed by atoms with E-state index in [1.165, 1.54) is 0 Å². The molecule has 20 atom stereocenters. The molecule has 2 aliphatic heterocycles. The van der Waals surface area contributed by atoms with Gasteiger partial charge in [0.25, 0.3) is 0 Å². The Kier molecular flexibility index (Phi) is 11.0. The number of hydrogen-bond donors (Lipinski definition) is 9. The molecule has 9 N–H and O–H groups in total. The van der Waals surface area contributed by atoms with Crippen LogP contribution in [0.15, 0.2) is 11.6 Å². The van der Waals surface area contributed by atoms with Gasteiger partial charge in [-0.2, -0.15) is 0 Å². The lowest BCUT2D eigenvalue weighted by Gasteiger charge is -2.65. The number of aliphatic hydroxyl groups is 8. The minimum Gasteiger partial charge on any atom is -0.478 e. The van der Waals surface area contributed by atoms with E-state index in [2.05, 4.69) is 34.6 Å². The summed E-state index contributed by atoms with van der Waals surface area (Å²) in [6.45, 7) is 11.8. The lowest BCUT2D eigenvalue weighted by atomic mass is 9.40. The van der Waals surface area contributed by atoms with Gasteiger partial charge in [-0.3, -0.25) is 0 Å². The topological polar surface area (TPSA) is 236 Å². The van der Waals surface area contributed by atoms with Crippen LogP contribution >= 0.6 is 0 Å². The molecule has 7 rings (SSSR count). The van der Waals surface area contributed by atoms with E-state index in [-0.39, 0.29) is 52.6 Å². The number of allylic oxidation sites excluding steroid dienone is 1. The Balaban J connectivity index is 1.08. The van der Waals surface area contributed by atoms with Crippen molar-refractivity contribution < 1.29 is 69.7 Å². The Morgan fingerprint density at radius 3 is 2.22 bits per heavy atom. The van der Waals surface area contributed by atoms with E-state index in [9.17, 15) is 50.8 Å². The number of carbonyl (C=O) groups is 1. The molecule has 0 unspecified atom stereocenters. The smallest absolute Gasteiger partial charge is 0.330 e. The molecule has 5 saturated carbocycles. The van der Waals surface area contributed by atoms with Crippen LogP contribution in [0.25, 0.3) is 0 Å². The Morgan fingerprint density at radius 1 is 0.855 bits per heavy atom. The quantitative estimate of drug-likeness (QED) is 0.113. The van der Waals surface area contributed by atoms with Crippen molar-refractivity contribution >= 4 is 5.97 Å². The summed E-state index contributed by atoms with van der Waals surface area (Å²) in [4.78, 5) is 11.4. The lowest BCUT2D eigenvalue weighted by Crippen LogP contribution is -2.65. The predicted molar refractivity (Wildman–Crippen MR) is 195 cm³/mol. The Morgan fingerprint density at radius 2 is 1.55 bits per heavy atom. The second-order valence-electron chi connectivity index (χ2n) is 19.6. The number of fused-ring (bicyclic) bond motifs is 2. The fourth-order valence-electron chi connectivity index (χ4n) is 13.9. The Bertz CT molecular complexity index is 1470. The van der Waals surface area contributed by atoms with Crippen LogP contribution in [0.1, 0.15) is 99.3 Å². The Labute approximate surface area is 323 Å². The summed E-state index contributed by atoms with van der Waals surface area (Å²) in [6, 6.07) is 0. The molecule has 2 spiro atoms. The van der Waals surface area contributed by atoms with Crippen molar-refractivity contribution in [2.75, 3.05) is 13.2 Å². The molecule has 14 nitrogen and oxygen atoms in total. The summed E-state index contributed by atoms with van der Waals surface area (Å²) in [6.07, 6.45) is -5.78. The van der Waals surface area contributed by atoms with E-state index in [0.29, 0.717) is 31.3 Å². The van der Waals surface area contributed by atoms with Crippen molar-refractivity contribution in [3.8, 4) is 0 Å². The van der Waals surface area contributed by atoms with Crippen LogP contribution in [0, 0.1) is 50.7 Å². The fraction of sp³-hybridized carbons (Fsp3) is 0.927. The van der Waals surface area contributed by atoms with Crippen LogP contribution in [-0.4, -0.2) is 139 Å². The monoisotopic (exact) mass is 782 g/mol. The van der Waals surface area contributed by atoms with Crippen molar-refractivity contribution in [1.29, 1.82) is 0 Å². The molecule has 314 valence electrons. The summed E-state index contributed by atoms with van der Waals surface area (Å²) in [5.74, 6) is -0.172. The molecular formula is C41H66O14. The first-order valence-electron chi connectivity index (χ1n) is 20.6. The van der Waals surface area contributed by atoms with Crippen LogP contribution in [0.3, 0.4) is 0 Å². The first kappa shape index (κ1) is 41.9. The zero-order chi connectivity index (χ0) is 40.2. The largest absolute Gasteiger partial charge is 0.478 e. The van der Waals surface area contributed by atoms with Crippen LogP contribution in [0.4, 0.5) is 0 Å². The van der Waals surface area contributed by atoms with Gasteiger partial charge in [-0.05, 0) is 105 Å². The first-order chi connectivity index (χ1) is 25.7. The highest BCUT2D eigenvalue weighted by Crippen LogP contribution is 2.89. The number of rotatable bonds is 10. The molecule has 0 radical (unpaired) electrons.